The highest BCUT2D eigenvalue weighted by atomic mass is 15.3. The summed E-state index contributed by atoms with van der Waals surface area (Å²) >= 11 is 0. The minimum atomic E-state index is 0.510. The van der Waals surface area contributed by atoms with Crippen molar-refractivity contribution in [2.75, 3.05) is 18.0 Å². The van der Waals surface area contributed by atoms with Crippen LogP contribution in [0.3, 0.4) is 0 Å². The monoisotopic (exact) mass is 371 g/mol. The number of anilines is 1. The van der Waals surface area contributed by atoms with Gasteiger partial charge in [-0.2, -0.15) is 10.4 Å². The smallest absolute Gasteiger partial charge is 0.157 e. The van der Waals surface area contributed by atoms with Crippen LogP contribution in [0.25, 0.3) is 16.7 Å². The van der Waals surface area contributed by atoms with Crippen molar-refractivity contribution in [3.8, 4) is 6.07 Å². The lowest BCUT2D eigenvalue weighted by Gasteiger charge is -2.35. The van der Waals surface area contributed by atoms with Gasteiger partial charge in [0.25, 0.3) is 0 Å². The maximum absolute atomic E-state index is 9.70. The van der Waals surface area contributed by atoms with Gasteiger partial charge in [-0.05, 0) is 49.4 Å². The first-order chi connectivity index (χ1) is 13.7. The molecule has 1 aromatic carbocycles. The minimum Gasteiger partial charge on any atom is -0.357 e. The van der Waals surface area contributed by atoms with Crippen molar-refractivity contribution in [3.63, 3.8) is 0 Å². The average Bonchev–Trinajstić information content (AvgIpc) is 3.35. The summed E-state index contributed by atoms with van der Waals surface area (Å²) in [6, 6.07) is 12.6. The molecule has 1 aliphatic rings. The summed E-state index contributed by atoms with van der Waals surface area (Å²) in [6.07, 6.45) is 5.68. The molecule has 1 unspecified atom stereocenters. The second-order valence-electron chi connectivity index (χ2n) is 7.50. The lowest BCUT2D eigenvalue weighted by atomic mass is 9.98. The van der Waals surface area contributed by atoms with Gasteiger partial charge in [-0.15, -0.1) is 0 Å². The molecule has 1 atom stereocenters. The molecule has 5 rings (SSSR count). The Morgan fingerprint density at radius 3 is 3.00 bits per heavy atom. The van der Waals surface area contributed by atoms with Crippen LogP contribution in [0.2, 0.25) is 0 Å². The number of para-hydroxylation sites is 2. The van der Waals surface area contributed by atoms with E-state index in [-0.39, 0.29) is 0 Å². The number of fused-ring (bicyclic) bond motifs is 3. The zero-order chi connectivity index (χ0) is 19.1. The number of nitriles is 1. The fraction of sp³-hybridized carbons (Fsp3) is 0.333. The van der Waals surface area contributed by atoms with Gasteiger partial charge in [-0.1, -0.05) is 12.1 Å². The highest BCUT2D eigenvalue weighted by Gasteiger charge is 2.24. The molecule has 0 amide bonds. The molecule has 0 aliphatic carbocycles. The molecule has 1 fully saturated rings. The Labute approximate surface area is 162 Å². The van der Waals surface area contributed by atoms with E-state index in [2.05, 4.69) is 37.6 Å². The van der Waals surface area contributed by atoms with E-state index < -0.39 is 0 Å². The van der Waals surface area contributed by atoms with E-state index in [0.29, 0.717) is 11.5 Å². The van der Waals surface area contributed by atoms with Gasteiger partial charge < -0.3 is 4.90 Å². The summed E-state index contributed by atoms with van der Waals surface area (Å²) in [4.78, 5) is 11.3. The van der Waals surface area contributed by atoms with Crippen LogP contribution in [-0.4, -0.2) is 37.2 Å². The largest absolute Gasteiger partial charge is 0.357 e. The van der Waals surface area contributed by atoms with Crippen LogP contribution >= 0.6 is 0 Å². The van der Waals surface area contributed by atoms with Crippen molar-refractivity contribution in [2.24, 2.45) is 5.92 Å². The number of pyridine rings is 1. The fourth-order valence-corrected chi connectivity index (χ4v) is 4.32. The van der Waals surface area contributed by atoms with Crippen LogP contribution in [0.5, 0.6) is 0 Å². The Kier molecular flexibility index (Phi) is 3.97. The number of piperidine rings is 1. The number of aromatic nitrogens is 5. The Bertz CT molecular complexity index is 1180. The van der Waals surface area contributed by atoms with Crippen molar-refractivity contribution in [2.45, 2.75) is 26.3 Å². The van der Waals surface area contributed by atoms with Crippen molar-refractivity contribution < 1.29 is 0 Å². The molecule has 4 aromatic rings. The van der Waals surface area contributed by atoms with E-state index >= 15 is 0 Å². The topological polar surface area (TPSA) is 75.0 Å². The zero-order valence-electron chi connectivity index (χ0n) is 15.8. The van der Waals surface area contributed by atoms with Gasteiger partial charge >= 0.3 is 0 Å². The molecular formula is C21H21N7. The molecule has 28 heavy (non-hydrogen) atoms. The predicted molar refractivity (Wildman–Crippen MR) is 107 cm³/mol. The van der Waals surface area contributed by atoms with Crippen molar-refractivity contribution >= 4 is 22.5 Å². The quantitative estimate of drug-likeness (QED) is 0.553. The molecule has 0 N–H and O–H groups in total. The molecule has 0 spiro atoms. The van der Waals surface area contributed by atoms with E-state index in [9.17, 15) is 5.26 Å². The van der Waals surface area contributed by atoms with Crippen LogP contribution in [0.1, 0.15) is 24.0 Å². The van der Waals surface area contributed by atoms with Crippen molar-refractivity contribution in [3.05, 3.63) is 54.1 Å². The normalized spacial score (nSPS) is 17.3. The Morgan fingerprint density at radius 1 is 1.29 bits per heavy atom. The standard InChI is InChI=1S/C21H21N7/c1-15-9-20(26-8-4-5-16(11-26)12-27-14-23-13-24-27)28-19-7-3-2-6-18(19)25-21(28)17(15)10-22/h2-3,6-7,9,13-14,16H,4-5,8,11-12H2,1H3. The number of hydrogen-bond acceptors (Lipinski definition) is 5. The Balaban J connectivity index is 1.61. The van der Waals surface area contributed by atoms with E-state index in [0.717, 1.165) is 54.1 Å². The summed E-state index contributed by atoms with van der Waals surface area (Å²) in [5.74, 6) is 1.62. The van der Waals surface area contributed by atoms with Gasteiger partial charge in [-0.3, -0.25) is 9.08 Å². The number of benzene rings is 1. The van der Waals surface area contributed by atoms with Crippen LogP contribution in [0.15, 0.2) is 43.0 Å². The summed E-state index contributed by atoms with van der Waals surface area (Å²) in [5.41, 5.74) is 4.33. The summed E-state index contributed by atoms with van der Waals surface area (Å²) in [6.45, 7) is 4.82. The van der Waals surface area contributed by atoms with E-state index in [1.54, 1.807) is 12.7 Å². The van der Waals surface area contributed by atoms with Crippen LogP contribution in [0, 0.1) is 24.2 Å². The summed E-state index contributed by atoms with van der Waals surface area (Å²) in [5, 5.41) is 14.0. The molecule has 7 nitrogen and oxygen atoms in total. The number of imidazole rings is 1. The van der Waals surface area contributed by atoms with Crippen LogP contribution in [0.4, 0.5) is 5.82 Å². The average molecular weight is 371 g/mol. The number of hydrogen-bond donors (Lipinski definition) is 0. The second-order valence-corrected chi connectivity index (χ2v) is 7.50. The van der Waals surface area contributed by atoms with Gasteiger partial charge in [0.1, 0.15) is 24.5 Å². The maximum Gasteiger partial charge on any atom is 0.157 e. The van der Waals surface area contributed by atoms with E-state index in [4.69, 9.17) is 4.98 Å². The second kappa shape index (κ2) is 6.64. The van der Waals surface area contributed by atoms with Gasteiger partial charge in [0.05, 0.1) is 16.6 Å². The minimum absolute atomic E-state index is 0.510. The molecule has 1 aliphatic heterocycles. The third kappa shape index (κ3) is 2.69. The highest BCUT2D eigenvalue weighted by Crippen LogP contribution is 2.31. The number of nitrogens with zero attached hydrogens (tertiary/aromatic N) is 7. The van der Waals surface area contributed by atoms with Gasteiger partial charge in [0.15, 0.2) is 5.65 Å². The number of aryl methyl sites for hydroxylation is 1. The molecule has 0 bridgehead atoms. The SMILES string of the molecule is Cc1cc(N2CCCC(Cn3cncn3)C2)n2c(nc3ccccc32)c1C#N. The molecule has 0 saturated carbocycles. The Hall–Kier alpha value is -3.40. The molecule has 3 aromatic heterocycles. The molecular weight excluding hydrogens is 350 g/mol. The number of rotatable bonds is 3. The van der Waals surface area contributed by atoms with Gasteiger partial charge in [0.2, 0.25) is 0 Å². The Morgan fingerprint density at radius 2 is 2.18 bits per heavy atom. The third-order valence-corrected chi connectivity index (χ3v) is 5.62. The van der Waals surface area contributed by atoms with E-state index in [1.807, 2.05) is 29.8 Å². The highest BCUT2D eigenvalue weighted by molar-refractivity contribution is 5.85. The van der Waals surface area contributed by atoms with Crippen molar-refractivity contribution in [1.29, 1.82) is 5.26 Å². The molecule has 1 saturated heterocycles. The first kappa shape index (κ1) is 16.8. The lowest BCUT2D eigenvalue weighted by Crippen LogP contribution is -2.38. The lowest BCUT2D eigenvalue weighted by molar-refractivity contribution is 0.350. The summed E-state index contributed by atoms with van der Waals surface area (Å²) in [7, 11) is 0. The molecule has 0 radical (unpaired) electrons. The van der Waals surface area contributed by atoms with Crippen molar-refractivity contribution in [1.82, 2.24) is 24.1 Å². The van der Waals surface area contributed by atoms with Gasteiger partial charge in [0, 0.05) is 19.6 Å². The fourth-order valence-electron chi connectivity index (χ4n) is 4.32. The van der Waals surface area contributed by atoms with Crippen LogP contribution < -0.4 is 4.90 Å². The summed E-state index contributed by atoms with van der Waals surface area (Å²) < 4.78 is 4.07. The maximum atomic E-state index is 9.70. The molecule has 140 valence electrons. The zero-order valence-corrected chi connectivity index (χ0v) is 15.8. The first-order valence-electron chi connectivity index (χ1n) is 9.63. The third-order valence-electron chi connectivity index (χ3n) is 5.62. The van der Waals surface area contributed by atoms with Crippen LogP contribution in [-0.2, 0) is 6.54 Å². The predicted octanol–water partition coefficient (Wildman–Crippen LogP) is 3.18. The van der Waals surface area contributed by atoms with Gasteiger partial charge in [-0.25, -0.2) is 9.97 Å². The molecule has 4 heterocycles. The molecule has 7 heteroatoms. The van der Waals surface area contributed by atoms with E-state index in [1.165, 1.54) is 6.42 Å². The first-order valence-corrected chi connectivity index (χ1v) is 9.63.